The molecule has 3 aromatic rings. The van der Waals surface area contributed by atoms with Gasteiger partial charge in [-0.1, -0.05) is 48.2 Å². The lowest BCUT2D eigenvalue weighted by Gasteiger charge is -2.21. The third-order valence-corrected chi connectivity index (χ3v) is 7.33. The summed E-state index contributed by atoms with van der Waals surface area (Å²) < 4.78 is 10.8. The van der Waals surface area contributed by atoms with Gasteiger partial charge in [0.1, 0.15) is 17.2 Å². The zero-order chi connectivity index (χ0) is 26.8. The number of anilines is 1. The summed E-state index contributed by atoms with van der Waals surface area (Å²) >= 11 is 6.69. The molecular formula is C28H23N3O5S2. The van der Waals surface area contributed by atoms with Crippen molar-refractivity contribution in [2.45, 2.75) is 19.4 Å². The summed E-state index contributed by atoms with van der Waals surface area (Å²) in [7, 11) is 1.61. The Morgan fingerprint density at radius 3 is 2.58 bits per heavy atom. The maximum absolute atomic E-state index is 13.5. The first kappa shape index (κ1) is 25.5. The van der Waals surface area contributed by atoms with Crippen LogP contribution >= 0.6 is 24.0 Å². The molecule has 0 spiro atoms. The van der Waals surface area contributed by atoms with Crippen LogP contribution in [0.2, 0.25) is 0 Å². The van der Waals surface area contributed by atoms with Crippen molar-refractivity contribution in [3.05, 3.63) is 95.0 Å². The topological polar surface area (TPSA) is 91.7 Å². The molecule has 0 saturated carbocycles. The van der Waals surface area contributed by atoms with Gasteiger partial charge in [-0.25, -0.2) is 0 Å². The average molecular weight is 546 g/mol. The van der Waals surface area contributed by atoms with Gasteiger partial charge in [-0.3, -0.25) is 19.5 Å². The molecule has 2 aliphatic rings. The number of aromatic hydroxyl groups is 1. The Hall–Kier alpha value is -4.15. The molecule has 1 N–H and O–H groups in total. The van der Waals surface area contributed by atoms with Gasteiger partial charge < -0.3 is 14.6 Å². The van der Waals surface area contributed by atoms with E-state index >= 15 is 0 Å². The Bertz CT molecular complexity index is 1490. The molecule has 8 nitrogen and oxygen atoms in total. The van der Waals surface area contributed by atoms with Gasteiger partial charge in [-0.05, 0) is 48.0 Å². The van der Waals surface area contributed by atoms with Crippen LogP contribution in [0.5, 0.6) is 17.2 Å². The molecule has 0 aliphatic carbocycles. The molecule has 0 radical (unpaired) electrons. The van der Waals surface area contributed by atoms with Crippen LogP contribution in [-0.4, -0.2) is 39.1 Å². The molecule has 0 bridgehead atoms. The number of phenols is 1. The van der Waals surface area contributed by atoms with E-state index in [4.69, 9.17) is 26.8 Å². The Morgan fingerprint density at radius 2 is 1.87 bits per heavy atom. The van der Waals surface area contributed by atoms with E-state index in [9.17, 15) is 14.7 Å². The Kier molecular flexibility index (Phi) is 7.17. The number of hydrogen-bond donors (Lipinski definition) is 1. The number of amides is 1. The number of ether oxygens (including phenoxy) is 2. The van der Waals surface area contributed by atoms with Crippen LogP contribution in [0, 0.1) is 0 Å². The first-order valence-electron chi connectivity index (χ1n) is 11.7. The van der Waals surface area contributed by atoms with E-state index in [0.717, 1.165) is 28.8 Å². The number of nitrogens with zero attached hydrogens (tertiary/aromatic N) is 3. The third kappa shape index (κ3) is 5.13. The molecule has 3 aromatic carbocycles. The lowest BCUT2D eigenvalue weighted by Crippen LogP contribution is -2.28. The van der Waals surface area contributed by atoms with Crippen molar-refractivity contribution < 1.29 is 24.2 Å². The number of hydrogen-bond acceptors (Lipinski definition) is 9. The lowest BCUT2D eigenvalue weighted by molar-refractivity contribution is -0.131. The summed E-state index contributed by atoms with van der Waals surface area (Å²) in [6, 6.07) is 21.0. The highest BCUT2D eigenvalue weighted by Gasteiger charge is 2.36. The van der Waals surface area contributed by atoms with Crippen LogP contribution in [-0.2, 0) is 9.59 Å². The van der Waals surface area contributed by atoms with Crippen LogP contribution in [0.3, 0.4) is 0 Å². The molecule has 1 unspecified atom stereocenters. The van der Waals surface area contributed by atoms with Crippen molar-refractivity contribution in [1.82, 2.24) is 5.01 Å². The minimum absolute atomic E-state index is 0.150. The minimum atomic E-state index is -0.456. The molecule has 1 saturated heterocycles. The first-order chi connectivity index (χ1) is 18.3. The van der Waals surface area contributed by atoms with E-state index in [1.54, 1.807) is 54.7 Å². The van der Waals surface area contributed by atoms with Gasteiger partial charge in [-0.15, -0.1) is 0 Å². The van der Waals surface area contributed by atoms with Gasteiger partial charge in [-0.2, -0.15) is 5.10 Å². The van der Waals surface area contributed by atoms with Gasteiger partial charge in [0, 0.05) is 31.2 Å². The van der Waals surface area contributed by atoms with Crippen LogP contribution in [0.15, 0.2) is 89.0 Å². The SMILES string of the molecule is COc1ccc(C2=NN(/C=C3\SC(=S)N(c4cccc(OC(C)=O)c4)C3=O)C(c3ccccc3O)C2)cc1. The second kappa shape index (κ2) is 10.7. The third-order valence-electron chi connectivity index (χ3n) is 6.04. The van der Waals surface area contributed by atoms with Gasteiger partial charge >= 0.3 is 5.97 Å². The first-order valence-corrected chi connectivity index (χ1v) is 12.9. The molecule has 38 heavy (non-hydrogen) atoms. The van der Waals surface area contributed by atoms with Crippen molar-refractivity contribution in [2.24, 2.45) is 5.10 Å². The number of hydrazone groups is 1. The molecule has 1 amide bonds. The van der Waals surface area contributed by atoms with Crippen molar-refractivity contribution in [2.75, 3.05) is 12.0 Å². The van der Waals surface area contributed by atoms with Crippen LogP contribution in [0.25, 0.3) is 0 Å². The number of thioether (sulfide) groups is 1. The zero-order valence-corrected chi connectivity index (χ0v) is 22.2. The Morgan fingerprint density at radius 1 is 1.11 bits per heavy atom. The molecule has 192 valence electrons. The van der Waals surface area contributed by atoms with Crippen LogP contribution < -0.4 is 14.4 Å². The number of rotatable bonds is 6. The summed E-state index contributed by atoms with van der Waals surface area (Å²) in [5.41, 5.74) is 2.91. The van der Waals surface area contributed by atoms with E-state index in [1.807, 2.05) is 36.4 Å². The highest BCUT2D eigenvalue weighted by atomic mass is 32.2. The van der Waals surface area contributed by atoms with Crippen molar-refractivity contribution in [3.8, 4) is 17.2 Å². The van der Waals surface area contributed by atoms with Gasteiger partial charge in [0.2, 0.25) is 0 Å². The Labute approximate surface area is 229 Å². The second-order valence-corrected chi connectivity index (χ2v) is 10.2. The number of phenolic OH excluding ortho intramolecular Hbond substituents is 1. The van der Waals surface area contributed by atoms with E-state index in [2.05, 4.69) is 0 Å². The van der Waals surface area contributed by atoms with E-state index < -0.39 is 5.97 Å². The summed E-state index contributed by atoms with van der Waals surface area (Å²) in [6.07, 6.45) is 2.19. The van der Waals surface area contributed by atoms with Crippen LogP contribution in [0.4, 0.5) is 5.69 Å². The zero-order valence-electron chi connectivity index (χ0n) is 20.5. The van der Waals surface area contributed by atoms with Crippen LogP contribution in [0.1, 0.15) is 30.5 Å². The number of methoxy groups -OCH3 is 1. The second-order valence-electron chi connectivity index (χ2n) is 8.53. The normalized spacial score (nSPS) is 18.2. The number of para-hydroxylation sites is 1. The van der Waals surface area contributed by atoms with Gasteiger partial charge in [0.05, 0.1) is 29.5 Å². The fourth-order valence-corrected chi connectivity index (χ4v) is 5.54. The Balaban J connectivity index is 1.48. The van der Waals surface area contributed by atoms with Gasteiger partial charge in [0.15, 0.2) is 4.32 Å². The largest absolute Gasteiger partial charge is 0.508 e. The highest BCUT2D eigenvalue weighted by molar-refractivity contribution is 8.27. The number of thiocarbonyl (C=S) groups is 1. The predicted octanol–water partition coefficient (Wildman–Crippen LogP) is 5.38. The summed E-state index contributed by atoms with van der Waals surface area (Å²) in [4.78, 5) is 26.6. The molecular weight excluding hydrogens is 522 g/mol. The standard InChI is InChI=1S/C28H23N3O5S2/c1-17(32)36-21-7-5-6-19(14-21)31-27(34)26(38-28(31)37)16-30-24(22-8-3-4-9-25(22)33)15-23(29-30)18-10-12-20(35-2)13-11-18/h3-14,16,24,33H,15H2,1-2H3/b26-16-. The van der Waals surface area contributed by atoms with Crippen molar-refractivity contribution in [3.63, 3.8) is 0 Å². The van der Waals surface area contributed by atoms with Gasteiger partial charge in [0.25, 0.3) is 5.91 Å². The maximum Gasteiger partial charge on any atom is 0.308 e. The average Bonchev–Trinajstić information content (AvgIpc) is 3.44. The summed E-state index contributed by atoms with van der Waals surface area (Å²) in [5.74, 6) is 0.437. The molecule has 1 atom stereocenters. The minimum Gasteiger partial charge on any atom is -0.508 e. The number of carbonyl (C=O) groups is 2. The monoisotopic (exact) mass is 545 g/mol. The summed E-state index contributed by atoms with van der Waals surface area (Å²) in [6.45, 7) is 1.31. The quantitative estimate of drug-likeness (QED) is 0.191. The van der Waals surface area contributed by atoms with E-state index in [0.29, 0.717) is 32.6 Å². The summed E-state index contributed by atoms with van der Waals surface area (Å²) in [5, 5.41) is 17.1. The molecule has 1 fully saturated rings. The molecule has 0 aromatic heterocycles. The number of carbonyl (C=O) groups excluding carboxylic acids is 2. The predicted molar refractivity (Wildman–Crippen MR) is 150 cm³/mol. The molecule has 2 heterocycles. The highest BCUT2D eigenvalue weighted by Crippen LogP contribution is 2.41. The lowest BCUT2D eigenvalue weighted by atomic mass is 9.98. The number of esters is 1. The fourth-order valence-electron chi connectivity index (χ4n) is 4.28. The maximum atomic E-state index is 13.5. The van der Waals surface area contributed by atoms with E-state index in [1.165, 1.54) is 11.8 Å². The van der Waals surface area contributed by atoms with Crippen molar-refractivity contribution in [1.29, 1.82) is 0 Å². The molecule has 10 heteroatoms. The molecule has 2 aliphatic heterocycles. The fraction of sp³-hybridized carbons (Fsp3) is 0.143. The molecule has 5 rings (SSSR count). The van der Waals surface area contributed by atoms with E-state index in [-0.39, 0.29) is 17.7 Å². The van der Waals surface area contributed by atoms with Crippen molar-refractivity contribution >= 4 is 51.6 Å². The smallest absolute Gasteiger partial charge is 0.308 e. The number of benzene rings is 3.